The minimum Gasteiger partial charge on any atom is -0.508 e. The van der Waals surface area contributed by atoms with Crippen molar-refractivity contribution < 1.29 is 18.3 Å². The van der Waals surface area contributed by atoms with Gasteiger partial charge in [0.1, 0.15) is 5.75 Å². The number of aromatic hydroxyl groups is 1. The van der Waals surface area contributed by atoms with Gasteiger partial charge in [0.2, 0.25) is 15.9 Å². The molecule has 0 spiro atoms. The van der Waals surface area contributed by atoms with Crippen molar-refractivity contribution in [2.75, 3.05) is 5.75 Å². The Morgan fingerprint density at radius 2 is 1.64 bits per heavy atom. The molecule has 166 valence electrons. The molecule has 2 N–H and O–H groups in total. The number of carbonyl (C=O) groups is 1. The first-order valence-corrected chi connectivity index (χ1v) is 12.5. The molecular formula is C27H23NO4S. The first-order valence-electron chi connectivity index (χ1n) is 10.8. The Morgan fingerprint density at radius 3 is 2.45 bits per heavy atom. The molecule has 1 aliphatic heterocycles. The molecule has 0 radical (unpaired) electrons. The Hall–Kier alpha value is -3.64. The Bertz CT molecular complexity index is 1470. The molecular weight excluding hydrogens is 434 g/mol. The highest BCUT2D eigenvalue weighted by Crippen LogP contribution is 2.33. The van der Waals surface area contributed by atoms with Crippen LogP contribution < -0.4 is 4.72 Å². The lowest BCUT2D eigenvalue weighted by atomic mass is 9.92. The average molecular weight is 458 g/mol. The summed E-state index contributed by atoms with van der Waals surface area (Å²) in [5.41, 5.74) is 4.80. The third kappa shape index (κ3) is 4.47. The van der Waals surface area contributed by atoms with Crippen molar-refractivity contribution in [2.45, 2.75) is 18.8 Å². The van der Waals surface area contributed by atoms with Crippen LogP contribution >= 0.6 is 0 Å². The van der Waals surface area contributed by atoms with E-state index in [4.69, 9.17) is 0 Å². The zero-order valence-corrected chi connectivity index (χ0v) is 18.7. The molecule has 5 nitrogen and oxygen atoms in total. The number of sulfonamides is 1. The summed E-state index contributed by atoms with van der Waals surface area (Å²) in [5.74, 6) is -1.28. The molecule has 1 aliphatic rings. The van der Waals surface area contributed by atoms with Gasteiger partial charge >= 0.3 is 0 Å². The van der Waals surface area contributed by atoms with Crippen molar-refractivity contribution in [1.82, 2.24) is 4.72 Å². The number of phenolic OH excluding ortho intramolecular Hbond substituents is 1. The van der Waals surface area contributed by atoms with Gasteiger partial charge in [-0.2, -0.15) is 0 Å². The van der Waals surface area contributed by atoms with Crippen LogP contribution in [0.4, 0.5) is 0 Å². The number of amides is 1. The van der Waals surface area contributed by atoms with Gasteiger partial charge in [0, 0.05) is 12.3 Å². The van der Waals surface area contributed by atoms with E-state index in [1.807, 2.05) is 29.0 Å². The fourth-order valence-electron chi connectivity index (χ4n) is 4.61. The van der Waals surface area contributed by atoms with Crippen LogP contribution in [0.15, 0.2) is 84.9 Å². The number of nitrogens with one attached hydrogen (secondary N) is 1. The fourth-order valence-corrected chi connectivity index (χ4v) is 5.95. The quantitative estimate of drug-likeness (QED) is 0.464. The predicted octanol–water partition coefficient (Wildman–Crippen LogP) is 4.74. The number of hydrogen-bond acceptors (Lipinski definition) is 4. The molecule has 0 aliphatic carbocycles. The van der Waals surface area contributed by atoms with E-state index in [2.05, 4.69) is 48.5 Å². The maximum atomic E-state index is 11.9. The molecule has 1 fully saturated rings. The zero-order valence-electron chi connectivity index (χ0n) is 17.9. The third-order valence-electron chi connectivity index (χ3n) is 6.09. The summed E-state index contributed by atoms with van der Waals surface area (Å²) in [5, 5.41) is 13.0. The average Bonchev–Trinajstić information content (AvgIpc) is 2.77. The second-order valence-electron chi connectivity index (χ2n) is 8.50. The minimum atomic E-state index is -3.66. The van der Waals surface area contributed by atoms with E-state index in [0.29, 0.717) is 12.0 Å². The van der Waals surface area contributed by atoms with Gasteiger partial charge in [0.05, 0.1) is 5.75 Å². The van der Waals surface area contributed by atoms with Crippen molar-refractivity contribution in [1.29, 1.82) is 0 Å². The van der Waals surface area contributed by atoms with Gasteiger partial charge in [-0.3, -0.25) is 9.52 Å². The first kappa shape index (κ1) is 21.2. The lowest BCUT2D eigenvalue weighted by molar-refractivity contribution is -0.119. The van der Waals surface area contributed by atoms with Crippen molar-refractivity contribution in [3.63, 3.8) is 0 Å². The van der Waals surface area contributed by atoms with Crippen LogP contribution in [0.2, 0.25) is 0 Å². The Balaban J connectivity index is 1.41. The second-order valence-corrected chi connectivity index (χ2v) is 10.3. The molecule has 0 bridgehead atoms. The Morgan fingerprint density at radius 1 is 0.879 bits per heavy atom. The van der Waals surface area contributed by atoms with E-state index in [1.165, 1.54) is 16.3 Å². The maximum absolute atomic E-state index is 11.9. The summed E-state index contributed by atoms with van der Waals surface area (Å²) in [6, 6.07) is 28.2. The molecule has 0 saturated carbocycles. The SMILES string of the molecule is O=C1CC(c2ccc(Cc3cccc(-c4cccc5ccccc45)c3)cc2O)CS(=O)(=O)N1. The lowest BCUT2D eigenvalue weighted by Gasteiger charge is -2.23. The Kier molecular flexibility index (Phi) is 5.38. The number of rotatable bonds is 4. The molecule has 5 rings (SSSR count). The highest BCUT2D eigenvalue weighted by molar-refractivity contribution is 7.90. The predicted molar refractivity (Wildman–Crippen MR) is 130 cm³/mol. The topological polar surface area (TPSA) is 83.5 Å². The van der Waals surface area contributed by atoms with Crippen LogP contribution in [0.1, 0.15) is 29.0 Å². The molecule has 1 unspecified atom stereocenters. The van der Waals surface area contributed by atoms with Gasteiger partial charge in [-0.25, -0.2) is 8.42 Å². The van der Waals surface area contributed by atoms with Crippen LogP contribution in [0.5, 0.6) is 5.75 Å². The molecule has 4 aromatic carbocycles. The molecule has 4 aromatic rings. The van der Waals surface area contributed by atoms with Crippen LogP contribution in [0.3, 0.4) is 0 Å². The summed E-state index contributed by atoms with van der Waals surface area (Å²) in [4.78, 5) is 11.7. The number of phenols is 1. The van der Waals surface area contributed by atoms with Gasteiger partial charge in [-0.15, -0.1) is 0 Å². The highest BCUT2D eigenvalue weighted by atomic mass is 32.2. The van der Waals surface area contributed by atoms with E-state index in [9.17, 15) is 18.3 Å². The standard InChI is InChI=1S/C27H23NO4S/c29-26-15-19(11-12-25(26)22-16-27(30)28-33(31,32)17-22)13-18-5-3-8-21(14-18)24-10-4-7-20-6-1-2-9-23(20)24/h1-12,14-15,22,29H,13,16-17H2,(H,28,30). The normalized spacial score (nSPS) is 17.6. The van der Waals surface area contributed by atoms with E-state index < -0.39 is 21.8 Å². The van der Waals surface area contributed by atoms with Crippen LogP contribution in [-0.2, 0) is 21.2 Å². The molecule has 6 heteroatoms. The number of benzene rings is 4. The number of fused-ring (bicyclic) bond motifs is 1. The minimum absolute atomic E-state index is 0.0209. The highest BCUT2D eigenvalue weighted by Gasteiger charge is 2.31. The molecule has 1 heterocycles. The van der Waals surface area contributed by atoms with Gasteiger partial charge in [-0.05, 0) is 51.1 Å². The van der Waals surface area contributed by atoms with E-state index in [-0.39, 0.29) is 17.9 Å². The van der Waals surface area contributed by atoms with Crippen molar-refractivity contribution in [2.24, 2.45) is 0 Å². The summed E-state index contributed by atoms with van der Waals surface area (Å²) in [6.07, 6.45) is 0.662. The van der Waals surface area contributed by atoms with Crippen molar-refractivity contribution >= 4 is 26.7 Å². The molecule has 0 aromatic heterocycles. The Labute approximate surface area is 192 Å². The van der Waals surface area contributed by atoms with Gasteiger partial charge in [-0.1, -0.05) is 78.9 Å². The number of hydrogen-bond donors (Lipinski definition) is 2. The van der Waals surface area contributed by atoms with Gasteiger partial charge in [0.25, 0.3) is 0 Å². The largest absolute Gasteiger partial charge is 0.508 e. The summed E-state index contributed by atoms with van der Waals surface area (Å²) in [7, 11) is -3.66. The zero-order chi connectivity index (χ0) is 23.0. The fraction of sp³-hybridized carbons (Fsp3) is 0.148. The summed E-state index contributed by atoms with van der Waals surface area (Å²) < 4.78 is 25.8. The smallest absolute Gasteiger partial charge is 0.235 e. The van der Waals surface area contributed by atoms with Crippen LogP contribution in [0, 0.1) is 0 Å². The van der Waals surface area contributed by atoms with Gasteiger partial charge < -0.3 is 5.11 Å². The van der Waals surface area contributed by atoms with E-state index >= 15 is 0 Å². The van der Waals surface area contributed by atoms with Crippen molar-refractivity contribution in [3.8, 4) is 16.9 Å². The van der Waals surface area contributed by atoms with Crippen LogP contribution in [-0.4, -0.2) is 25.2 Å². The summed E-state index contributed by atoms with van der Waals surface area (Å²) >= 11 is 0. The monoisotopic (exact) mass is 457 g/mol. The molecule has 1 amide bonds. The lowest BCUT2D eigenvalue weighted by Crippen LogP contribution is -2.40. The first-order chi connectivity index (χ1) is 15.9. The third-order valence-corrected chi connectivity index (χ3v) is 7.47. The number of carbonyl (C=O) groups excluding carboxylic acids is 1. The molecule has 1 atom stereocenters. The maximum Gasteiger partial charge on any atom is 0.235 e. The second kappa shape index (κ2) is 8.37. The summed E-state index contributed by atoms with van der Waals surface area (Å²) in [6.45, 7) is 0. The van der Waals surface area contributed by atoms with E-state index in [1.54, 1.807) is 12.1 Å². The van der Waals surface area contributed by atoms with E-state index in [0.717, 1.165) is 16.7 Å². The molecule has 33 heavy (non-hydrogen) atoms. The van der Waals surface area contributed by atoms with Crippen LogP contribution in [0.25, 0.3) is 21.9 Å². The van der Waals surface area contributed by atoms with Gasteiger partial charge in [0.15, 0.2) is 0 Å². The molecule has 1 saturated heterocycles. The van der Waals surface area contributed by atoms with Crippen molar-refractivity contribution in [3.05, 3.63) is 102 Å².